The molecule has 0 saturated carbocycles. The highest BCUT2D eigenvalue weighted by Crippen LogP contribution is 2.18. The van der Waals surface area contributed by atoms with Gasteiger partial charge in [0, 0.05) is 6.42 Å². The Morgan fingerprint density at radius 1 is 1.64 bits per heavy atom. The molecule has 0 unspecified atom stereocenters. The van der Waals surface area contributed by atoms with Crippen molar-refractivity contribution in [2.45, 2.75) is 32.7 Å². The maximum Gasteiger partial charge on any atom is 0.158 e. The van der Waals surface area contributed by atoms with Crippen molar-refractivity contribution in [3.63, 3.8) is 0 Å². The van der Waals surface area contributed by atoms with Crippen LogP contribution in [0.25, 0.3) is 0 Å². The Labute approximate surface area is 68.2 Å². The standard InChI is InChI=1S/C9H16O2/c1-4-8-6-10-9(11-8)5-7(2)3/h4,7-9H,1,5-6H2,2-3H3/t8-,9+/m0/s1. The third kappa shape index (κ3) is 2.64. The van der Waals surface area contributed by atoms with E-state index in [9.17, 15) is 0 Å². The summed E-state index contributed by atoms with van der Waals surface area (Å²) in [5.41, 5.74) is 0. The first-order chi connectivity index (χ1) is 5.22. The first-order valence-electron chi connectivity index (χ1n) is 4.12. The molecule has 0 bridgehead atoms. The van der Waals surface area contributed by atoms with Gasteiger partial charge in [0.1, 0.15) is 6.10 Å². The van der Waals surface area contributed by atoms with Gasteiger partial charge in [-0.3, -0.25) is 0 Å². The summed E-state index contributed by atoms with van der Waals surface area (Å²) in [5, 5.41) is 0. The van der Waals surface area contributed by atoms with Crippen molar-refractivity contribution in [2.75, 3.05) is 6.61 Å². The lowest BCUT2D eigenvalue weighted by atomic mass is 10.1. The molecule has 64 valence electrons. The number of hydrogen-bond acceptors (Lipinski definition) is 2. The third-order valence-corrected chi connectivity index (χ3v) is 1.70. The number of rotatable bonds is 3. The van der Waals surface area contributed by atoms with Crippen molar-refractivity contribution in [1.29, 1.82) is 0 Å². The molecule has 0 N–H and O–H groups in total. The molecule has 0 amide bonds. The molecule has 2 heteroatoms. The minimum atomic E-state index is -0.00185. The van der Waals surface area contributed by atoms with E-state index in [0.29, 0.717) is 12.5 Å². The quantitative estimate of drug-likeness (QED) is 0.581. The van der Waals surface area contributed by atoms with E-state index in [1.807, 2.05) is 0 Å². The average Bonchev–Trinajstić information content (AvgIpc) is 2.34. The second-order valence-corrected chi connectivity index (χ2v) is 3.30. The predicted octanol–water partition coefficient (Wildman–Crippen LogP) is 1.96. The van der Waals surface area contributed by atoms with E-state index in [1.165, 1.54) is 0 Å². The van der Waals surface area contributed by atoms with Gasteiger partial charge in [-0.2, -0.15) is 0 Å². The minimum Gasteiger partial charge on any atom is -0.350 e. The SMILES string of the molecule is C=C[C@H]1CO[C@@H](CC(C)C)O1. The van der Waals surface area contributed by atoms with E-state index in [-0.39, 0.29) is 12.4 Å². The normalized spacial score (nSPS) is 31.2. The molecular formula is C9H16O2. The van der Waals surface area contributed by atoms with Crippen LogP contribution in [0.3, 0.4) is 0 Å². The lowest BCUT2D eigenvalue weighted by Crippen LogP contribution is -2.12. The van der Waals surface area contributed by atoms with Crippen LogP contribution in [0.5, 0.6) is 0 Å². The Morgan fingerprint density at radius 2 is 2.36 bits per heavy atom. The van der Waals surface area contributed by atoms with E-state index in [2.05, 4.69) is 20.4 Å². The third-order valence-electron chi connectivity index (χ3n) is 1.70. The Morgan fingerprint density at radius 3 is 2.82 bits per heavy atom. The second kappa shape index (κ2) is 3.88. The molecule has 11 heavy (non-hydrogen) atoms. The summed E-state index contributed by atoms with van der Waals surface area (Å²) in [4.78, 5) is 0. The predicted molar refractivity (Wildman–Crippen MR) is 44.3 cm³/mol. The first kappa shape index (κ1) is 8.75. The summed E-state index contributed by atoms with van der Waals surface area (Å²) < 4.78 is 10.9. The summed E-state index contributed by atoms with van der Waals surface area (Å²) >= 11 is 0. The maximum absolute atomic E-state index is 5.48. The van der Waals surface area contributed by atoms with Crippen molar-refractivity contribution in [3.8, 4) is 0 Å². The maximum atomic E-state index is 5.48. The van der Waals surface area contributed by atoms with Gasteiger partial charge in [0.2, 0.25) is 0 Å². The van der Waals surface area contributed by atoms with E-state index < -0.39 is 0 Å². The van der Waals surface area contributed by atoms with E-state index in [0.717, 1.165) is 6.42 Å². The molecule has 0 aromatic heterocycles. The van der Waals surface area contributed by atoms with Crippen molar-refractivity contribution in [2.24, 2.45) is 5.92 Å². The zero-order valence-corrected chi connectivity index (χ0v) is 7.25. The summed E-state index contributed by atoms with van der Waals surface area (Å²) in [6.07, 6.45) is 2.88. The summed E-state index contributed by atoms with van der Waals surface area (Å²) in [5.74, 6) is 0.628. The van der Waals surface area contributed by atoms with Gasteiger partial charge in [-0.1, -0.05) is 19.9 Å². The summed E-state index contributed by atoms with van der Waals surface area (Å²) in [6, 6.07) is 0. The zero-order valence-electron chi connectivity index (χ0n) is 7.25. The van der Waals surface area contributed by atoms with E-state index in [1.54, 1.807) is 6.08 Å². The van der Waals surface area contributed by atoms with Gasteiger partial charge in [0.15, 0.2) is 6.29 Å². The fourth-order valence-electron chi connectivity index (χ4n) is 1.11. The Bertz CT molecular complexity index is 132. The van der Waals surface area contributed by atoms with Gasteiger partial charge in [-0.15, -0.1) is 6.58 Å². The average molecular weight is 156 g/mol. The van der Waals surface area contributed by atoms with Crippen molar-refractivity contribution < 1.29 is 9.47 Å². The molecule has 0 radical (unpaired) electrons. The molecule has 0 aliphatic carbocycles. The van der Waals surface area contributed by atoms with Crippen LogP contribution in [0.2, 0.25) is 0 Å². The molecule has 2 atom stereocenters. The van der Waals surface area contributed by atoms with Gasteiger partial charge in [-0.25, -0.2) is 0 Å². The van der Waals surface area contributed by atoms with Crippen LogP contribution >= 0.6 is 0 Å². The van der Waals surface area contributed by atoms with E-state index in [4.69, 9.17) is 9.47 Å². The summed E-state index contributed by atoms with van der Waals surface area (Å²) in [6.45, 7) is 8.64. The van der Waals surface area contributed by atoms with Crippen LogP contribution in [-0.4, -0.2) is 19.0 Å². The molecule has 0 spiro atoms. The summed E-state index contributed by atoms with van der Waals surface area (Å²) in [7, 11) is 0. The van der Waals surface area contributed by atoms with Crippen LogP contribution in [0.1, 0.15) is 20.3 Å². The van der Waals surface area contributed by atoms with Gasteiger partial charge in [-0.05, 0) is 5.92 Å². The smallest absolute Gasteiger partial charge is 0.158 e. The van der Waals surface area contributed by atoms with Gasteiger partial charge in [0.05, 0.1) is 6.61 Å². The Balaban J connectivity index is 2.24. The van der Waals surface area contributed by atoms with Crippen LogP contribution in [0.4, 0.5) is 0 Å². The molecule has 1 aliphatic heterocycles. The van der Waals surface area contributed by atoms with Crippen LogP contribution < -0.4 is 0 Å². The van der Waals surface area contributed by atoms with Crippen LogP contribution in [0, 0.1) is 5.92 Å². The van der Waals surface area contributed by atoms with Gasteiger partial charge < -0.3 is 9.47 Å². The topological polar surface area (TPSA) is 18.5 Å². The molecule has 1 heterocycles. The Kier molecular flexibility index (Phi) is 3.09. The lowest BCUT2D eigenvalue weighted by Gasteiger charge is -2.11. The lowest BCUT2D eigenvalue weighted by molar-refractivity contribution is -0.0626. The number of hydrogen-bond donors (Lipinski definition) is 0. The van der Waals surface area contributed by atoms with Gasteiger partial charge in [0.25, 0.3) is 0 Å². The van der Waals surface area contributed by atoms with Crippen molar-refractivity contribution in [3.05, 3.63) is 12.7 Å². The van der Waals surface area contributed by atoms with E-state index >= 15 is 0 Å². The molecule has 1 saturated heterocycles. The first-order valence-corrected chi connectivity index (χ1v) is 4.12. The molecule has 2 nitrogen and oxygen atoms in total. The second-order valence-electron chi connectivity index (χ2n) is 3.30. The van der Waals surface area contributed by atoms with Gasteiger partial charge >= 0.3 is 0 Å². The molecule has 1 rings (SSSR count). The monoisotopic (exact) mass is 156 g/mol. The fraction of sp³-hybridized carbons (Fsp3) is 0.778. The molecular weight excluding hydrogens is 140 g/mol. The van der Waals surface area contributed by atoms with Crippen LogP contribution in [-0.2, 0) is 9.47 Å². The van der Waals surface area contributed by atoms with Crippen molar-refractivity contribution in [1.82, 2.24) is 0 Å². The Hall–Kier alpha value is -0.340. The highest BCUT2D eigenvalue weighted by atomic mass is 16.7. The minimum absolute atomic E-state index is 0.00185. The zero-order chi connectivity index (χ0) is 8.27. The molecule has 0 aromatic carbocycles. The highest BCUT2D eigenvalue weighted by molar-refractivity contribution is 4.83. The number of ether oxygens (including phenoxy) is 2. The highest BCUT2D eigenvalue weighted by Gasteiger charge is 2.23. The largest absolute Gasteiger partial charge is 0.350 e. The van der Waals surface area contributed by atoms with Crippen LogP contribution in [0.15, 0.2) is 12.7 Å². The fourth-order valence-corrected chi connectivity index (χ4v) is 1.11. The molecule has 1 aliphatic rings. The van der Waals surface area contributed by atoms with Crippen molar-refractivity contribution >= 4 is 0 Å². The molecule has 0 aromatic rings. The molecule has 1 fully saturated rings.